The summed E-state index contributed by atoms with van der Waals surface area (Å²) in [6.45, 7) is 1.50. The van der Waals surface area contributed by atoms with E-state index < -0.39 is 47.0 Å². The van der Waals surface area contributed by atoms with Crippen molar-refractivity contribution in [3.8, 4) is 0 Å². The molecular weight excluding hydrogens is 301 g/mol. The summed E-state index contributed by atoms with van der Waals surface area (Å²) in [7, 11) is 0. The Balaban J connectivity index is 3.69. The predicted molar refractivity (Wildman–Crippen MR) is 59.1 cm³/mol. The van der Waals surface area contributed by atoms with Crippen LogP contribution in [0.15, 0.2) is 21.8 Å². The molecule has 9 heteroatoms. The van der Waals surface area contributed by atoms with Crippen LogP contribution < -0.4 is 5.11 Å². The Bertz CT molecular complexity index is 556. The zero-order valence-corrected chi connectivity index (χ0v) is 10.6. The molecule has 1 aliphatic heterocycles. The van der Waals surface area contributed by atoms with Gasteiger partial charge in [0, 0.05) is 11.5 Å². The van der Waals surface area contributed by atoms with Gasteiger partial charge in [-0.1, -0.05) is 13.3 Å². The molecule has 0 bridgehead atoms. The molecule has 0 amide bonds. The molecule has 0 saturated carbocycles. The fourth-order valence-corrected chi connectivity index (χ4v) is 2.05. The molecule has 0 fully saturated rings. The molecule has 1 atom stereocenters. The molecule has 0 spiro atoms. The monoisotopic (exact) mass is 310 g/mol. The number of alkyl halides is 5. The minimum absolute atomic E-state index is 0.161. The van der Waals surface area contributed by atoms with Gasteiger partial charge in [0.25, 0.3) is 6.43 Å². The highest BCUT2D eigenvalue weighted by Gasteiger charge is 2.44. The molecule has 0 aromatic heterocycles. The Morgan fingerprint density at radius 2 is 2.00 bits per heavy atom. The first kappa shape index (κ1) is 17.0. The topological polar surface area (TPSA) is 69.6 Å². The van der Waals surface area contributed by atoms with Crippen LogP contribution in [0.3, 0.4) is 0 Å². The lowest BCUT2D eigenvalue weighted by Gasteiger charge is -2.29. The maximum Gasteiger partial charge on any atom is 0.433 e. The van der Waals surface area contributed by atoms with Gasteiger partial charge in [-0.2, -0.15) is 13.2 Å². The molecule has 0 N–H and O–H groups in total. The van der Waals surface area contributed by atoms with Crippen molar-refractivity contribution in [2.75, 3.05) is 0 Å². The highest BCUT2D eigenvalue weighted by Crippen LogP contribution is 2.40. The van der Waals surface area contributed by atoms with Crippen LogP contribution in [-0.2, 0) is 9.59 Å². The quantitative estimate of drug-likeness (QED) is 0.583. The van der Waals surface area contributed by atoms with E-state index in [-0.39, 0.29) is 12.8 Å². The van der Waals surface area contributed by atoms with E-state index in [4.69, 9.17) is 0 Å². The number of carboxylic acid groups (broad SMARTS) is 1. The fourth-order valence-electron chi connectivity index (χ4n) is 2.05. The van der Waals surface area contributed by atoms with Gasteiger partial charge in [0.2, 0.25) is 0 Å². The van der Waals surface area contributed by atoms with Crippen molar-refractivity contribution in [3.05, 3.63) is 16.8 Å². The standard InChI is InChI=1S/C12H10F5NO3/c1-2-3-5-6(4-19)8(10(13)14)18-9(12(15,16)17)7(5)11(20)21/h5,10H,2-3H2,1H3,(H,20,21)/p-1. The molecule has 0 saturated heterocycles. The first-order valence-corrected chi connectivity index (χ1v) is 5.79. The van der Waals surface area contributed by atoms with Gasteiger partial charge in [0.1, 0.15) is 11.7 Å². The first-order valence-electron chi connectivity index (χ1n) is 5.79. The van der Waals surface area contributed by atoms with E-state index >= 15 is 0 Å². The lowest BCUT2D eigenvalue weighted by atomic mass is 9.82. The highest BCUT2D eigenvalue weighted by atomic mass is 19.4. The molecule has 0 aliphatic carbocycles. The summed E-state index contributed by atoms with van der Waals surface area (Å²) in [5.41, 5.74) is -5.55. The number of halogens is 5. The summed E-state index contributed by atoms with van der Waals surface area (Å²) in [5.74, 6) is -2.78. The summed E-state index contributed by atoms with van der Waals surface area (Å²) in [5, 5.41) is 11.0. The van der Waals surface area contributed by atoms with Crippen LogP contribution in [0.5, 0.6) is 0 Å². The number of hydrogen-bond donors (Lipinski definition) is 0. The minimum Gasteiger partial charge on any atom is -0.545 e. The summed E-state index contributed by atoms with van der Waals surface area (Å²) in [6.07, 6.45) is -8.80. The van der Waals surface area contributed by atoms with Gasteiger partial charge < -0.3 is 9.90 Å². The number of carbonyl (C=O) groups is 1. The fraction of sp³-hybridized carbons (Fsp3) is 0.500. The smallest absolute Gasteiger partial charge is 0.433 e. The Labute approximate surface area is 115 Å². The number of allylic oxidation sites excluding steroid dienone is 2. The van der Waals surface area contributed by atoms with Gasteiger partial charge in [0.15, 0.2) is 5.70 Å². The molecule has 0 aromatic rings. The van der Waals surface area contributed by atoms with E-state index in [1.807, 2.05) is 0 Å². The Hall–Kier alpha value is -2.02. The molecule has 0 aromatic carbocycles. The van der Waals surface area contributed by atoms with Crippen LogP contribution in [0.1, 0.15) is 19.8 Å². The molecule has 21 heavy (non-hydrogen) atoms. The van der Waals surface area contributed by atoms with E-state index in [0.29, 0.717) is 0 Å². The van der Waals surface area contributed by atoms with Crippen LogP contribution in [0.25, 0.3) is 0 Å². The number of carbonyl (C=O) groups excluding carboxylic acids is 2. The van der Waals surface area contributed by atoms with Crippen molar-refractivity contribution in [1.29, 1.82) is 0 Å². The van der Waals surface area contributed by atoms with Gasteiger partial charge in [-0.25, -0.2) is 18.6 Å². The van der Waals surface area contributed by atoms with Gasteiger partial charge in [-0.15, -0.1) is 0 Å². The van der Waals surface area contributed by atoms with E-state index in [1.165, 1.54) is 6.92 Å². The molecule has 0 radical (unpaired) electrons. The third-order valence-corrected chi connectivity index (χ3v) is 2.84. The number of hydrogen-bond acceptors (Lipinski definition) is 4. The Morgan fingerprint density at radius 1 is 1.43 bits per heavy atom. The molecule has 1 unspecified atom stereocenters. The normalized spacial score (nSPS) is 19.7. The summed E-state index contributed by atoms with van der Waals surface area (Å²) in [4.78, 5) is 24.4. The number of aliphatic carboxylic acids is 1. The lowest BCUT2D eigenvalue weighted by molar-refractivity contribution is -0.300. The molecular formula is C12H9F5NO3-. The third-order valence-electron chi connectivity index (χ3n) is 2.84. The number of aliphatic imine (C=N–C) groups is 1. The Kier molecular flexibility index (Phi) is 5.01. The van der Waals surface area contributed by atoms with Crippen molar-refractivity contribution in [2.24, 2.45) is 10.9 Å². The van der Waals surface area contributed by atoms with Crippen LogP contribution in [0.4, 0.5) is 22.0 Å². The van der Waals surface area contributed by atoms with Gasteiger partial charge in [0.05, 0.1) is 11.5 Å². The SMILES string of the molecule is CCCC1C(=C=O)C(C(F)F)=NC(C(F)(F)F)=C1C(=O)[O-]. The number of rotatable bonds is 4. The van der Waals surface area contributed by atoms with Crippen molar-refractivity contribution >= 4 is 17.6 Å². The van der Waals surface area contributed by atoms with Crippen LogP contribution in [-0.4, -0.2) is 30.2 Å². The second-order valence-electron chi connectivity index (χ2n) is 4.20. The van der Waals surface area contributed by atoms with Crippen molar-refractivity contribution in [3.63, 3.8) is 0 Å². The molecule has 116 valence electrons. The second kappa shape index (κ2) is 6.17. The average Bonchev–Trinajstić information content (AvgIpc) is 2.35. The highest BCUT2D eigenvalue weighted by molar-refractivity contribution is 6.12. The largest absolute Gasteiger partial charge is 0.545 e. The molecule has 1 aliphatic rings. The maximum atomic E-state index is 12.8. The number of carboxylic acids is 1. The summed E-state index contributed by atoms with van der Waals surface area (Å²) in [6, 6.07) is 0. The van der Waals surface area contributed by atoms with E-state index in [0.717, 1.165) is 5.94 Å². The minimum atomic E-state index is -5.25. The van der Waals surface area contributed by atoms with Gasteiger partial charge in [-0.05, 0) is 6.42 Å². The van der Waals surface area contributed by atoms with E-state index in [1.54, 1.807) is 0 Å². The van der Waals surface area contributed by atoms with Gasteiger partial charge >= 0.3 is 6.18 Å². The third kappa shape index (κ3) is 3.36. The van der Waals surface area contributed by atoms with Gasteiger partial charge in [-0.3, -0.25) is 0 Å². The summed E-state index contributed by atoms with van der Waals surface area (Å²) >= 11 is 0. The average molecular weight is 310 g/mol. The molecule has 1 heterocycles. The van der Waals surface area contributed by atoms with Crippen molar-refractivity contribution < 1.29 is 36.6 Å². The second-order valence-corrected chi connectivity index (χ2v) is 4.20. The summed E-state index contributed by atoms with van der Waals surface area (Å²) < 4.78 is 64.0. The zero-order chi connectivity index (χ0) is 16.4. The first-order chi connectivity index (χ1) is 9.65. The van der Waals surface area contributed by atoms with E-state index in [9.17, 15) is 36.6 Å². The van der Waals surface area contributed by atoms with Crippen molar-refractivity contribution in [1.82, 2.24) is 0 Å². The van der Waals surface area contributed by atoms with Crippen LogP contribution >= 0.6 is 0 Å². The van der Waals surface area contributed by atoms with E-state index in [2.05, 4.69) is 4.99 Å². The molecule has 4 nitrogen and oxygen atoms in total. The lowest BCUT2D eigenvalue weighted by Crippen LogP contribution is -2.38. The Morgan fingerprint density at radius 3 is 2.33 bits per heavy atom. The van der Waals surface area contributed by atoms with Crippen LogP contribution in [0.2, 0.25) is 0 Å². The number of nitrogens with zero attached hydrogens (tertiary/aromatic N) is 1. The van der Waals surface area contributed by atoms with Crippen LogP contribution in [0, 0.1) is 5.92 Å². The predicted octanol–water partition coefficient (Wildman–Crippen LogP) is 1.45. The molecule has 1 rings (SSSR count). The zero-order valence-electron chi connectivity index (χ0n) is 10.6. The maximum absolute atomic E-state index is 12.8. The van der Waals surface area contributed by atoms with Crippen molar-refractivity contribution in [2.45, 2.75) is 32.4 Å².